The molecule has 0 bridgehead atoms. The van der Waals surface area contributed by atoms with E-state index >= 15 is 0 Å². The molecule has 0 fully saturated rings. The average Bonchev–Trinajstić information content (AvgIpc) is 2.89. The molecule has 0 aliphatic heterocycles. The molecule has 0 spiro atoms. The van der Waals surface area contributed by atoms with Crippen molar-refractivity contribution >= 4 is 10.9 Å². The zero-order valence-electron chi connectivity index (χ0n) is 12.0. The van der Waals surface area contributed by atoms with Gasteiger partial charge in [0.25, 0.3) is 0 Å². The van der Waals surface area contributed by atoms with E-state index in [1.165, 1.54) is 12.1 Å². The molecule has 0 aliphatic carbocycles. The number of nitrogens with zero attached hydrogens (tertiary/aromatic N) is 1. The molecule has 0 saturated carbocycles. The van der Waals surface area contributed by atoms with Crippen LogP contribution >= 0.6 is 0 Å². The van der Waals surface area contributed by atoms with E-state index in [-0.39, 0.29) is 5.82 Å². The monoisotopic (exact) mass is 285 g/mol. The summed E-state index contributed by atoms with van der Waals surface area (Å²) in [5.74, 6) is 1.33. The number of hydrogen-bond acceptors (Lipinski definition) is 2. The van der Waals surface area contributed by atoms with E-state index in [9.17, 15) is 4.39 Å². The van der Waals surface area contributed by atoms with Crippen LogP contribution in [0.4, 0.5) is 4.39 Å². The lowest BCUT2D eigenvalue weighted by Gasteiger charge is -2.14. The number of ether oxygens (including phenoxy) is 2. The maximum Gasteiger partial charge on any atom is 0.127 e. The Labute approximate surface area is 122 Å². The second kappa shape index (κ2) is 5.48. The number of hydrogen-bond donors (Lipinski definition) is 0. The summed E-state index contributed by atoms with van der Waals surface area (Å²) < 4.78 is 26.1. The number of halogens is 1. The van der Waals surface area contributed by atoms with Gasteiger partial charge < -0.3 is 14.0 Å². The van der Waals surface area contributed by atoms with Crippen molar-refractivity contribution in [2.24, 2.45) is 0 Å². The average molecular weight is 285 g/mol. The predicted molar refractivity (Wildman–Crippen MR) is 80.5 cm³/mol. The molecule has 108 valence electrons. The molecule has 2 aromatic carbocycles. The molecule has 3 nitrogen and oxygen atoms in total. The molecule has 0 aliphatic rings. The molecular weight excluding hydrogens is 269 g/mol. The Bertz CT molecular complexity index is 757. The van der Waals surface area contributed by atoms with E-state index in [0.717, 1.165) is 28.0 Å². The van der Waals surface area contributed by atoms with Crippen molar-refractivity contribution in [3.63, 3.8) is 0 Å². The number of methoxy groups -OCH3 is 2. The van der Waals surface area contributed by atoms with Crippen LogP contribution in [-0.2, 0) is 6.54 Å². The number of rotatable bonds is 4. The number of aromatic nitrogens is 1. The molecule has 3 rings (SSSR count). The maximum atomic E-state index is 13.3. The van der Waals surface area contributed by atoms with E-state index in [2.05, 4.69) is 4.57 Å². The van der Waals surface area contributed by atoms with Crippen LogP contribution in [0.3, 0.4) is 0 Å². The third-order valence-electron chi connectivity index (χ3n) is 3.59. The number of fused-ring (bicyclic) bond motifs is 1. The molecule has 0 radical (unpaired) electrons. The van der Waals surface area contributed by atoms with Crippen LogP contribution in [0, 0.1) is 5.82 Å². The van der Waals surface area contributed by atoms with Gasteiger partial charge in [-0.3, -0.25) is 0 Å². The fraction of sp³-hybridized carbons (Fsp3) is 0.176. The van der Waals surface area contributed by atoms with E-state index in [1.807, 2.05) is 30.5 Å². The van der Waals surface area contributed by atoms with Crippen LogP contribution in [0.15, 0.2) is 48.7 Å². The highest BCUT2D eigenvalue weighted by Gasteiger charge is 2.12. The van der Waals surface area contributed by atoms with Crippen molar-refractivity contribution < 1.29 is 13.9 Å². The Morgan fingerprint density at radius 1 is 1.00 bits per heavy atom. The molecule has 0 atom stereocenters. The molecule has 1 aromatic heterocycles. The van der Waals surface area contributed by atoms with Crippen LogP contribution in [0.1, 0.15) is 5.56 Å². The minimum absolute atomic E-state index is 0.227. The summed E-state index contributed by atoms with van der Waals surface area (Å²) in [5, 5.41) is 0.879. The van der Waals surface area contributed by atoms with Crippen LogP contribution in [-0.4, -0.2) is 18.8 Å². The summed E-state index contributed by atoms with van der Waals surface area (Å²) in [7, 11) is 3.28. The van der Waals surface area contributed by atoms with E-state index in [4.69, 9.17) is 9.47 Å². The third kappa shape index (κ3) is 2.44. The van der Waals surface area contributed by atoms with Gasteiger partial charge in [0.2, 0.25) is 0 Å². The zero-order valence-corrected chi connectivity index (χ0v) is 12.0. The predicted octanol–water partition coefficient (Wildman–Crippen LogP) is 3.85. The van der Waals surface area contributed by atoms with Crippen LogP contribution in [0.5, 0.6) is 11.5 Å². The molecule has 0 unspecified atom stereocenters. The quantitative estimate of drug-likeness (QED) is 0.727. The highest BCUT2D eigenvalue weighted by molar-refractivity contribution is 5.80. The van der Waals surface area contributed by atoms with Gasteiger partial charge in [-0.15, -0.1) is 0 Å². The van der Waals surface area contributed by atoms with Crippen molar-refractivity contribution in [2.75, 3.05) is 14.2 Å². The smallest absolute Gasteiger partial charge is 0.127 e. The third-order valence-corrected chi connectivity index (χ3v) is 3.59. The molecule has 0 N–H and O–H groups in total. The molecule has 21 heavy (non-hydrogen) atoms. The number of benzene rings is 2. The molecule has 0 saturated heterocycles. The first kappa shape index (κ1) is 13.5. The zero-order chi connectivity index (χ0) is 14.8. The topological polar surface area (TPSA) is 23.4 Å². The lowest BCUT2D eigenvalue weighted by atomic mass is 10.1. The Balaban J connectivity index is 2.06. The summed E-state index contributed by atoms with van der Waals surface area (Å²) in [6, 6.07) is 12.4. The summed E-state index contributed by atoms with van der Waals surface area (Å²) in [6.45, 7) is 0.600. The van der Waals surface area contributed by atoms with E-state index in [1.54, 1.807) is 20.3 Å². The SMILES string of the molecule is COc1cccc(OC)c1Cn1ccc2cc(F)ccc21. The first-order chi connectivity index (χ1) is 10.2. The second-order valence-corrected chi connectivity index (χ2v) is 4.79. The van der Waals surface area contributed by atoms with Gasteiger partial charge in [-0.05, 0) is 36.4 Å². The fourth-order valence-corrected chi connectivity index (χ4v) is 2.56. The lowest BCUT2D eigenvalue weighted by molar-refractivity contribution is 0.383. The molecule has 1 heterocycles. The van der Waals surface area contributed by atoms with Gasteiger partial charge in [0, 0.05) is 17.1 Å². The first-order valence-corrected chi connectivity index (χ1v) is 6.67. The standard InChI is InChI=1S/C17H16FNO2/c1-20-16-4-3-5-17(21-2)14(16)11-19-9-8-12-10-13(18)6-7-15(12)19/h3-10H,11H2,1-2H3. The molecular formula is C17H16FNO2. The molecule has 3 aromatic rings. The normalized spacial score (nSPS) is 10.8. The summed E-state index contributed by atoms with van der Waals surface area (Å²) in [5.41, 5.74) is 1.94. The summed E-state index contributed by atoms with van der Waals surface area (Å²) in [4.78, 5) is 0. The van der Waals surface area contributed by atoms with Crippen molar-refractivity contribution in [1.29, 1.82) is 0 Å². The van der Waals surface area contributed by atoms with Crippen LogP contribution in [0.25, 0.3) is 10.9 Å². The first-order valence-electron chi connectivity index (χ1n) is 6.67. The van der Waals surface area contributed by atoms with Gasteiger partial charge in [-0.25, -0.2) is 4.39 Å². The Kier molecular flexibility index (Phi) is 3.52. The highest BCUT2D eigenvalue weighted by atomic mass is 19.1. The van der Waals surface area contributed by atoms with Crippen molar-refractivity contribution in [2.45, 2.75) is 6.54 Å². The summed E-state index contributed by atoms with van der Waals surface area (Å²) in [6.07, 6.45) is 1.94. The molecule has 0 amide bonds. The lowest BCUT2D eigenvalue weighted by Crippen LogP contribution is -2.03. The highest BCUT2D eigenvalue weighted by Crippen LogP contribution is 2.30. The van der Waals surface area contributed by atoms with Gasteiger partial charge >= 0.3 is 0 Å². The van der Waals surface area contributed by atoms with Gasteiger partial charge in [-0.2, -0.15) is 0 Å². The second-order valence-electron chi connectivity index (χ2n) is 4.79. The Morgan fingerprint density at radius 2 is 1.71 bits per heavy atom. The van der Waals surface area contributed by atoms with Gasteiger partial charge in [0.15, 0.2) is 0 Å². The van der Waals surface area contributed by atoms with E-state index in [0.29, 0.717) is 6.54 Å². The van der Waals surface area contributed by atoms with Crippen LogP contribution < -0.4 is 9.47 Å². The van der Waals surface area contributed by atoms with Crippen molar-refractivity contribution in [1.82, 2.24) is 4.57 Å². The fourth-order valence-electron chi connectivity index (χ4n) is 2.56. The van der Waals surface area contributed by atoms with Gasteiger partial charge in [-0.1, -0.05) is 6.07 Å². The van der Waals surface area contributed by atoms with Crippen molar-refractivity contribution in [3.8, 4) is 11.5 Å². The van der Waals surface area contributed by atoms with Crippen LogP contribution in [0.2, 0.25) is 0 Å². The Hall–Kier alpha value is -2.49. The minimum atomic E-state index is -0.227. The largest absolute Gasteiger partial charge is 0.496 e. The maximum absolute atomic E-state index is 13.3. The minimum Gasteiger partial charge on any atom is -0.496 e. The van der Waals surface area contributed by atoms with Gasteiger partial charge in [0.1, 0.15) is 17.3 Å². The van der Waals surface area contributed by atoms with E-state index < -0.39 is 0 Å². The van der Waals surface area contributed by atoms with Gasteiger partial charge in [0.05, 0.1) is 26.3 Å². The summed E-state index contributed by atoms with van der Waals surface area (Å²) >= 11 is 0. The molecule has 4 heteroatoms. The van der Waals surface area contributed by atoms with Crippen molar-refractivity contribution in [3.05, 3.63) is 60.0 Å². The Morgan fingerprint density at radius 3 is 2.38 bits per heavy atom.